The second-order valence-electron chi connectivity index (χ2n) is 7.96. The van der Waals surface area contributed by atoms with E-state index in [1.54, 1.807) is 13.0 Å². The van der Waals surface area contributed by atoms with Gasteiger partial charge < -0.3 is 10.0 Å². The molecular formula is C22H29N3O4S. The monoisotopic (exact) mass is 431 g/mol. The van der Waals surface area contributed by atoms with E-state index in [9.17, 15) is 18.3 Å². The molecule has 8 heteroatoms. The van der Waals surface area contributed by atoms with Crippen molar-refractivity contribution in [2.24, 2.45) is 0 Å². The molecule has 0 atom stereocenters. The molecule has 162 valence electrons. The van der Waals surface area contributed by atoms with Crippen LogP contribution in [0.5, 0.6) is 0 Å². The van der Waals surface area contributed by atoms with Gasteiger partial charge in [-0.25, -0.2) is 18.2 Å². The minimum Gasteiger partial charge on any atom is -0.478 e. The Hall–Kier alpha value is -2.61. The van der Waals surface area contributed by atoms with Gasteiger partial charge in [0.15, 0.2) is 5.82 Å². The molecule has 0 aliphatic carbocycles. The molecule has 2 aromatic rings. The Bertz CT molecular complexity index is 1040. The third-order valence-electron chi connectivity index (χ3n) is 5.59. The molecule has 1 saturated heterocycles. The van der Waals surface area contributed by atoms with Gasteiger partial charge in [-0.3, -0.25) is 4.72 Å². The van der Waals surface area contributed by atoms with Crippen molar-refractivity contribution >= 4 is 27.5 Å². The van der Waals surface area contributed by atoms with Crippen molar-refractivity contribution < 1.29 is 18.3 Å². The van der Waals surface area contributed by atoms with Crippen LogP contribution >= 0.6 is 0 Å². The molecule has 2 heterocycles. The van der Waals surface area contributed by atoms with Crippen molar-refractivity contribution in [3.8, 4) is 0 Å². The lowest BCUT2D eigenvalue weighted by molar-refractivity contribution is 0.0696. The number of carboxylic acid groups (broad SMARTS) is 1. The number of sulfonamides is 1. The molecule has 0 amide bonds. The summed E-state index contributed by atoms with van der Waals surface area (Å²) in [7, 11) is -3.91. The largest absolute Gasteiger partial charge is 0.478 e. The van der Waals surface area contributed by atoms with Gasteiger partial charge in [0.2, 0.25) is 0 Å². The van der Waals surface area contributed by atoms with E-state index in [1.807, 2.05) is 19.9 Å². The van der Waals surface area contributed by atoms with Crippen LogP contribution in [0.1, 0.15) is 59.2 Å². The summed E-state index contributed by atoms with van der Waals surface area (Å²) in [6.07, 6.45) is 6.70. The highest BCUT2D eigenvalue weighted by atomic mass is 32.2. The zero-order chi connectivity index (χ0) is 21.9. The summed E-state index contributed by atoms with van der Waals surface area (Å²) in [5.41, 5.74) is 2.68. The number of benzene rings is 1. The van der Waals surface area contributed by atoms with E-state index < -0.39 is 16.0 Å². The number of rotatable bonds is 5. The van der Waals surface area contributed by atoms with Gasteiger partial charge in [-0.15, -0.1) is 0 Å². The molecule has 1 aliphatic rings. The third-order valence-corrected chi connectivity index (χ3v) is 7.10. The minimum atomic E-state index is -3.91. The molecule has 0 bridgehead atoms. The van der Waals surface area contributed by atoms with Gasteiger partial charge >= 0.3 is 5.97 Å². The molecule has 30 heavy (non-hydrogen) atoms. The Morgan fingerprint density at radius 3 is 2.20 bits per heavy atom. The molecule has 0 saturated carbocycles. The fourth-order valence-electron chi connectivity index (χ4n) is 3.78. The van der Waals surface area contributed by atoms with E-state index in [0.717, 1.165) is 49.9 Å². The molecule has 3 rings (SSSR count). The zero-order valence-electron chi connectivity index (χ0n) is 17.7. The number of carbonyl (C=O) groups is 1. The first-order valence-corrected chi connectivity index (χ1v) is 11.8. The van der Waals surface area contributed by atoms with E-state index >= 15 is 0 Å². The highest BCUT2D eigenvalue weighted by Crippen LogP contribution is 2.30. The first-order valence-electron chi connectivity index (χ1n) is 10.3. The Balaban J connectivity index is 2.03. The quantitative estimate of drug-likeness (QED) is 0.733. The lowest BCUT2D eigenvalue weighted by Crippen LogP contribution is -2.29. The predicted molar refractivity (Wildman–Crippen MR) is 118 cm³/mol. The second-order valence-corrected chi connectivity index (χ2v) is 9.61. The molecule has 1 fully saturated rings. The summed E-state index contributed by atoms with van der Waals surface area (Å²) in [5.74, 6) is -0.670. The van der Waals surface area contributed by atoms with Gasteiger partial charge in [0.25, 0.3) is 10.0 Å². The molecule has 7 nitrogen and oxygen atoms in total. The van der Waals surface area contributed by atoms with Gasteiger partial charge in [-0.2, -0.15) is 0 Å². The summed E-state index contributed by atoms with van der Waals surface area (Å²) in [6.45, 7) is 7.08. The maximum atomic E-state index is 13.2. The predicted octanol–water partition coefficient (Wildman–Crippen LogP) is 4.28. The first-order chi connectivity index (χ1) is 14.2. The van der Waals surface area contributed by atoms with Crippen molar-refractivity contribution in [2.75, 3.05) is 22.7 Å². The van der Waals surface area contributed by atoms with E-state index in [2.05, 4.69) is 14.6 Å². The van der Waals surface area contributed by atoms with Crippen LogP contribution in [-0.4, -0.2) is 37.6 Å². The number of nitrogens with zero attached hydrogens (tertiary/aromatic N) is 2. The average molecular weight is 432 g/mol. The number of hydrogen-bond donors (Lipinski definition) is 2. The maximum absolute atomic E-state index is 13.2. The lowest BCUT2D eigenvalue weighted by Gasteiger charge is -2.28. The number of carboxylic acids is 1. The highest BCUT2D eigenvalue weighted by molar-refractivity contribution is 7.92. The standard InChI is InChI=1S/C22H29N3O4S/c1-15-11-17(3)20(12-16(15)2)30(28,29)24-19-13-18(22(26)27)14-23-21(19)25-9-7-5-4-6-8-10-25/h11-14,24H,4-10H2,1-3H3,(H,26,27). The molecule has 1 aromatic carbocycles. The van der Waals surface area contributed by atoms with Gasteiger partial charge in [-0.1, -0.05) is 25.3 Å². The fraction of sp³-hybridized carbons (Fsp3) is 0.455. The summed E-state index contributed by atoms with van der Waals surface area (Å²) in [4.78, 5) is 18.1. The van der Waals surface area contributed by atoms with Gasteiger partial charge in [0.05, 0.1) is 16.1 Å². The second kappa shape index (κ2) is 9.04. The Labute approximate surface area is 178 Å². The molecule has 0 radical (unpaired) electrons. The van der Waals surface area contributed by atoms with Crippen LogP contribution in [0.15, 0.2) is 29.3 Å². The summed E-state index contributed by atoms with van der Waals surface area (Å²) in [5, 5.41) is 9.39. The minimum absolute atomic E-state index is 0.0553. The zero-order valence-corrected chi connectivity index (χ0v) is 18.6. The molecule has 0 spiro atoms. The molecule has 1 aromatic heterocycles. The van der Waals surface area contributed by atoms with E-state index in [4.69, 9.17) is 0 Å². The summed E-state index contributed by atoms with van der Waals surface area (Å²) < 4.78 is 29.1. The molecule has 2 N–H and O–H groups in total. The third kappa shape index (κ3) is 4.92. The Morgan fingerprint density at radius 1 is 0.967 bits per heavy atom. The van der Waals surface area contributed by atoms with Gasteiger partial charge in [-0.05, 0) is 62.4 Å². The van der Waals surface area contributed by atoms with Crippen LogP contribution in [0.2, 0.25) is 0 Å². The number of aromatic carboxylic acids is 1. The SMILES string of the molecule is Cc1cc(C)c(S(=O)(=O)Nc2cc(C(=O)O)cnc2N2CCCCCCC2)cc1C. The first kappa shape index (κ1) is 22.1. The van der Waals surface area contributed by atoms with E-state index in [-0.39, 0.29) is 16.1 Å². The van der Waals surface area contributed by atoms with Crippen molar-refractivity contribution in [1.82, 2.24) is 4.98 Å². The number of anilines is 2. The number of pyridine rings is 1. The van der Waals surface area contributed by atoms with E-state index in [0.29, 0.717) is 11.4 Å². The smallest absolute Gasteiger partial charge is 0.337 e. The van der Waals surface area contributed by atoms with Gasteiger partial charge in [0, 0.05) is 19.3 Å². The topological polar surface area (TPSA) is 99.6 Å². The Kier molecular flexibility index (Phi) is 6.65. The van der Waals surface area contributed by atoms with Crippen molar-refractivity contribution in [1.29, 1.82) is 0 Å². The van der Waals surface area contributed by atoms with Crippen molar-refractivity contribution in [2.45, 2.75) is 57.8 Å². The van der Waals surface area contributed by atoms with Crippen LogP contribution < -0.4 is 9.62 Å². The maximum Gasteiger partial charge on any atom is 0.337 e. The van der Waals surface area contributed by atoms with E-state index in [1.165, 1.54) is 18.7 Å². The lowest BCUT2D eigenvalue weighted by atomic mass is 10.1. The average Bonchev–Trinajstić information content (AvgIpc) is 2.64. The van der Waals surface area contributed by atoms with Crippen LogP contribution in [0, 0.1) is 20.8 Å². The Morgan fingerprint density at radius 2 is 1.57 bits per heavy atom. The molecular weight excluding hydrogens is 402 g/mol. The van der Waals surface area contributed by atoms with Gasteiger partial charge in [0.1, 0.15) is 0 Å². The number of hydrogen-bond acceptors (Lipinski definition) is 5. The van der Waals surface area contributed by atoms with Crippen LogP contribution in [0.25, 0.3) is 0 Å². The van der Waals surface area contributed by atoms with Crippen molar-refractivity contribution in [3.05, 3.63) is 46.6 Å². The number of aryl methyl sites for hydroxylation is 3. The highest BCUT2D eigenvalue weighted by Gasteiger charge is 2.23. The summed E-state index contributed by atoms with van der Waals surface area (Å²) in [6, 6.07) is 4.85. The number of nitrogens with one attached hydrogen (secondary N) is 1. The molecule has 0 unspecified atom stereocenters. The fourth-order valence-corrected chi connectivity index (χ4v) is 5.15. The summed E-state index contributed by atoms with van der Waals surface area (Å²) >= 11 is 0. The van der Waals surface area contributed by atoms with Crippen LogP contribution in [-0.2, 0) is 10.0 Å². The van der Waals surface area contributed by atoms with Crippen LogP contribution in [0.4, 0.5) is 11.5 Å². The normalized spacial score (nSPS) is 15.4. The molecule has 1 aliphatic heterocycles. The van der Waals surface area contributed by atoms with Crippen molar-refractivity contribution in [3.63, 3.8) is 0 Å². The number of aromatic nitrogens is 1. The van der Waals surface area contributed by atoms with Crippen LogP contribution in [0.3, 0.4) is 0 Å².